The Bertz CT molecular complexity index is 1340. The van der Waals surface area contributed by atoms with E-state index in [4.69, 9.17) is 0 Å². The molecule has 2 saturated heterocycles. The summed E-state index contributed by atoms with van der Waals surface area (Å²) >= 11 is 0. The maximum atomic E-state index is 13.8. The van der Waals surface area contributed by atoms with Crippen LogP contribution in [-0.4, -0.2) is 75.1 Å². The van der Waals surface area contributed by atoms with Crippen LogP contribution in [0.15, 0.2) is 78.9 Å². The van der Waals surface area contributed by atoms with Crippen LogP contribution in [0.4, 0.5) is 9.18 Å². The van der Waals surface area contributed by atoms with Gasteiger partial charge in [0, 0.05) is 26.6 Å². The van der Waals surface area contributed by atoms with Crippen molar-refractivity contribution in [2.24, 2.45) is 0 Å². The standard InChI is InChI=1S/C29H30FN5O4/c1-32-19-27(37)34-25(15-20-9-13-24(36)14-10-20)28(38)33(17-22-7-11-23(30)12-8-22)18-26(34)35(32)29(39)31-16-21-5-3-2-4-6-21/h2-14,25-26,36H,15-19H2,1H3,(H,31,39)/t25-,26?/m0/s1. The molecule has 0 aliphatic carbocycles. The van der Waals surface area contributed by atoms with Gasteiger partial charge in [0.2, 0.25) is 11.8 Å². The monoisotopic (exact) mass is 531 g/mol. The second-order valence-electron chi connectivity index (χ2n) is 9.82. The highest BCUT2D eigenvalue weighted by atomic mass is 19.1. The van der Waals surface area contributed by atoms with E-state index in [1.54, 1.807) is 41.2 Å². The van der Waals surface area contributed by atoms with E-state index in [9.17, 15) is 23.9 Å². The number of hydrazine groups is 1. The van der Waals surface area contributed by atoms with Crippen molar-refractivity contribution in [3.8, 4) is 5.75 Å². The summed E-state index contributed by atoms with van der Waals surface area (Å²) in [6, 6.07) is 20.7. The predicted molar refractivity (Wildman–Crippen MR) is 141 cm³/mol. The molecule has 3 aromatic rings. The number of piperazine rings is 1. The van der Waals surface area contributed by atoms with E-state index < -0.39 is 12.2 Å². The smallest absolute Gasteiger partial charge is 0.334 e. The van der Waals surface area contributed by atoms with Crippen LogP contribution < -0.4 is 5.32 Å². The first-order valence-corrected chi connectivity index (χ1v) is 12.7. The van der Waals surface area contributed by atoms with E-state index in [1.807, 2.05) is 30.3 Å². The molecule has 2 fully saturated rings. The fourth-order valence-electron chi connectivity index (χ4n) is 5.17. The van der Waals surface area contributed by atoms with Gasteiger partial charge in [-0.1, -0.05) is 54.6 Å². The van der Waals surface area contributed by atoms with Crippen molar-refractivity contribution in [3.63, 3.8) is 0 Å². The maximum absolute atomic E-state index is 13.8. The summed E-state index contributed by atoms with van der Waals surface area (Å²) in [5, 5.41) is 15.7. The molecule has 2 aliphatic heterocycles. The Morgan fingerprint density at radius 3 is 2.31 bits per heavy atom. The van der Waals surface area contributed by atoms with Crippen molar-refractivity contribution in [1.82, 2.24) is 25.1 Å². The molecule has 2 N–H and O–H groups in total. The van der Waals surface area contributed by atoms with Crippen LogP contribution in [0.3, 0.4) is 0 Å². The van der Waals surface area contributed by atoms with E-state index in [0.29, 0.717) is 6.54 Å². The van der Waals surface area contributed by atoms with Crippen LogP contribution >= 0.6 is 0 Å². The topological polar surface area (TPSA) is 96.4 Å². The minimum absolute atomic E-state index is 0.0629. The zero-order valence-corrected chi connectivity index (χ0v) is 21.5. The lowest BCUT2D eigenvalue weighted by molar-refractivity contribution is -0.187. The number of nitrogens with zero attached hydrogens (tertiary/aromatic N) is 4. The van der Waals surface area contributed by atoms with Crippen molar-refractivity contribution >= 4 is 17.8 Å². The lowest BCUT2D eigenvalue weighted by atomic mass is 9.98. The first-order chi connectivity index (χ1) is 18.8. The number of aromatic hydroxyl groups is 1. The normalized spacial score (nSPS) is 19.7. The number of carbonyl (C=O) groups is 3. The Labute approximate surface area is 226 Å². The van der Waals surface area contributed by atoms with Gasteiger partial charge >= 0.3 is 6.03 Å². The molecule has 3 aromatic carbocycles. The van der Waals surface area contributed by atoms with Gasteiger partial charge in [-0.3, -0.25) is 9.59 Å². The summed E-state index contributed by atoms with van der Waals surface area (Å²) in [5.41, 5.74) is 2.43. The molecule has 2 aliphatic rings. The number of rotatable bonds is 6. The summed E-state index contributed by atoms with van der Waals surface area (Å²) in [6.07, 6.45) is -0.530. The van der Waals surface area contributed by atoms with Gasteiger partial charge in [-0.2, -0.15) is 0 Å². The number of halogens is 1. The van der Waals surface area contributed by atoms with Crippen molar-refractivity contribution in [2.45, 2.75) is 31.7 Å². The van der Waals surface area contributed by atoms with E-state index in [1.165, 1.54) is 34.2 Å². The SMILES string of the molecule is CN1CC(=O)N2C(CN(Cc3ccc(F)cc3)C(=O)[C@@H]2Cc2ccc(O)cc2)N1C(=O)NCc1ccccc1. The van der Waals surface area contributed by atoms with Gasteiger partial charge in [0.15, 0.2) is 0 Å². The summed E-state index contributed by atoms with van der Waals surface area (Å²) < 4.78 is 13.5. The first kappa shape index (κ1) is 26.2. The number of amides is 4. The highest BCUT2D eigenvalue weighted by molar-refractivity contribution is 5.91. The first-order valence-electron chi connectivity index (χ1n) is 12.7. The Morgan fingerprint density at radius 2 is 1.62 bits per heavy atom. The quantitative estimate of drug-likeness (QED) is 0.510. The van der Waals surface area contributed by atoms with E-state index >= 15 is 0 Å². The Hall–Kier alpha value is -4.44. The molecule has 0 aromatic heterocycles. The van der Waals surface area contributed by atoms with Crippen LogP contribution in [0.1, 0.15) is 16.7 Å². The number of carbonyl (C=O) groups excluding carboxylic acids is 3. The van der Waals surface area contributed by atoms with Crippen molar-refractivity contribution < 1.29 is 23.9 Å². The molecule has 0 spiro atoms. The molecule has 2 atom stereocenters. The van der Waals surface area contributed by atoms with Gasteiger partial charge in [-0.25, -0.2) is 19.2 Å². The molecule has 4 amide bonds. The average molecular weight is 532 g/mol. The lowest BCUT2D eigenvalue weighted by Crippen LogP contribution is -2.76. The molecule has 0 radical (unpaired) electrons. The number of fused-ring (bicyclic) bond motifs is 1. The fraction of sp³-hybridized carbons (Fsp3) is 0.276. The highest BCUT2D eigenvalue weighted by Gasteiger charge is 2.50. The van der Waals surface area contributed by atoms with Gasteiger partial charge < -0.3 is 20.2 Å². The number of phenolic OH excluding ortho intramolecular Hbond substituents is 1. The third-order valence-corrected chi connectivity index (χ3v) is 7.09. The molecular weight excluding hydrogens is 501 g/mol. The molecule has 2 heterocycles. The van der Waals surface area contributed by atoms with Gasteiger partial charge in [0.05, 0.1) is 13.1 Å². The molecule has 0 bridgehead atoms. The molecule has 1 unspecified atom stereocenters. The molecule has 5 rings (SSSR count). The molecule has 39 heavy (non-hydrogen) atoms. The predicted octanol–water partition coefficient (Wildman–Crippen LogP) is 2.71. The van der Waals surface area contributed by atoms with E-state index in [0.717, 1.165) is 16.7 Å². The number of benzene rings is 3. The number of likely N-dealkylation sites (N-methyl/N-ethyl adjacent to an activating group) is 1. The minimum atomic E-state index is -0.862. The summed E-state index contributed by atoms with van der Waals surface area (Å²) in [6.45, 7) is 0.538. The summed E-state index contributed by atoms with van der Waals surface area (Å²) in [7, 11) is 1.67. The van der Waals surface area contributed by atoms with Gasteiger partial charge in [-0.15, -0.1) is 0 Å². The Kier molecular flexibility index (Phi) is 7.47. The fourth-order valence-corrected chi connectivity index (χ4v) is 5.17. The summed E-state index contributed by atoms with van der Waals surface area (Å²) in [4.78, 5) is 43.8. The summed E-state index contributed by atoms with van der Waals surface area (Å²) in [5.74, 6) is -0.790. The molecule has 0 saturated carbocycles. The van der Waals surface area contributed by atoms with Crippen LogP contribution in [0.2, 0.25) is 0 Å². The largest absolute Gasteiger partial charge is 0.508 e. The van der Waals surface area contributed by atoms with Gasteiger partial charge in [-0.05, 0) is 41.0 Å². The van der Waals surface area contributed by atoms with Crippen molar-refractivity contribution in [3.05, 3.63) is 101 Å². The van der Waals surface area contributed by atoms with Crippen LogP contribution in [-0.2, 0) is 29.1 Å². The Balaban J connectivity index is 1.45. The van der Waals surface area contributed by atoms with Gasteiger partial charge in [0.1, 0.15) is 23.8 Å². The van der Waals surface area contributed by atoms with Crippen LogP contribution in [0, 0.1) is 5.82 Å². The number of nitrogens with one attached hydrogen (secondary N) is 1. The zero-order chi connectivity index (χ0) is 27.5. The Morgan fingerprint density at radius 1 is 0.949 bits per heavy atom. The third kappa shape index (κ3) is 5.70. The van der Waals surface area contributed by atoms with Crippen molar-refractivity contribution in [2.75, 3.05) is 20.1 Å². The molecule has 9 nitrogen and oxygen atoms in total. The highest BCUT2D eigenvalue weighted by Crippen LogP contribution is 2.29. The number of hydrogen-bond donors (Lipinski definition) is 2. The number of phenols is 1. The number of urea groups is 1. The molecule has 10 heteroatoms. The average Bonchev–Trinajstić information content (AvgIpc) is 2.92. The molecule has 202 valence electrons. The second-order valence-corrected chi connectivity index (χ2v) is 9.82. The van der Waals surface area contributed by atoms with Crippen molar-refractivity contribution in [1.29, 1.82) is 0 Å². The van der Waals surface area contributed by atoms with Crippen LogP contribution in [0.5, 0.6) is 5.75 Å². The molecular formula is C29H30FN5O4. The van der Waals surface area contributed by atoms with Crippen LogP contribution in [0.25, 0.3) is 0 Å². The second kappa shape index (κ2) is 11.1. The lowest BCUT2D eigenvalue weighted by Gasteiger charge is -2.54. The van der Waals surface area contributed by atoms with E-state index in [2.05, 4.69) is 5.32 Å². The maximum Gasteiger partial charge on any atom is 0.334 e. The third-order valence-electron chi connectivity index (χ3n) is 7.09. The minimum Gasteiger partial charge on any atom is -0.508 e. The number of hydrogen-bond acceptors (Lipinski definition) is 5. The van der Waals surface area contributed by atoms with E-state index in [-0.39, 0.29) is 55.5 Å². The zero-order valence-electron chi connectivity index (χ0n) is 21.5. The van der Waals surface area contributed by atoms with Gasteiger partial charge in [0.25, 0.3) is 0 Å².